The molecule has 9 nitrogen and oxygen atoms in total. The fourth-order valence-corrected chi connectivity index (χ4v) is 3.10. The van der Waals surface area contributed by atoms with Gasteiger partial charge in [-0.15, -0.1) is 0 Å². The Hall–Kier alpha value is -4.92. The smallest absolute Gasteiger partial charge is 0.338 e. The number of rotatable bonds is 18. The van der Waals surface area contributed by atoms with E-state index in [1.54, 1.807) is 48.5 Å². The van der Waals surface area contributed by atoms with Gasteiger partial charge in [0.25, 0.3) is 0 Å². The summed E-state index contributed by atoms with van der Waals surface area (Å²) in [6, 6.07) is 14.1. The summed E-state index contributed by atoms with van der Waals surface area (Å²) in [6.07, 6.45) is 10.5. The first-order chi connectivity index (χ1) is 19.9. The van der Waals surface area contributed by atoms with Crippen LogP contribution in [0.1, 0.15) is 36.8 Å². The van der Waals surface area contributed by atoms with Gasteiger partial charge >= 0.3 is 23.9 Å². The molecule has 0 amide bonds. The summed E-state index contributed by atoms with van der Waals surface area (Å²) < 4.78 is 25.8. The Morgan fingerprint density at radius 3 is 1.27 bits per heavy atom. The molecule has 0 aliphatic heterocycles. The molecule has 41 heavy (non-hydrogen) atoms. The van der Waals surface area contributed by atoms with Gasteiger partial charge in [0.2, 0.25) is 0 Å². The average Bonchev–Trinajstić information content (AvgIpc) is 2.99. The Labute approximate surface area is 239 Å². The van der Waals surface area contributed by atoms with E-state index in [4.69, 9.17) is 23.7 Å². The van der Waals surface area contributed by atoms with E-state index in [-0.39, 0.29) is 0 Å². The molecule has 0 bridgehead atoms. The summed E-state index contributed by atoms with van der Waals surface area (Å²) in [5.41, 5.74) is 1.46. The molecule has 0 N–H and O–H groups in total. The van der Waals surface area contributed by atoms with Crippen LogP contribution in [-0.2, 0) is 33.4 Å². The molecular formula is C32H34O9. The fourth-order valence-electron chi connectivity index (χ4n) is 3.10. The Balaban J connectivity index is 1.65. The first-order valence-corrected chi connectivity index (χ1v) is 13.1. The average molecular weight is 563 g/mol. The van der Waals surface area contributed by atoms with Gasteiger partial charge in [0.15, 0.2) is 0 Å². The number of hydrogen-bond acceptors (Lipinski definition) is 9. The summed E-state index contributed by atoms with van der Waals surface area (Å²) in [4.78, 5) is 45.9. The van der Waals surface area contributed by atoms with Crippen LogP contribution >= 0.6 is 0 Å². The number of carbonyl (C=O) groups excluding carboxylic acids is 4. The van der Waals surface area contributed by atoms with Crippen molar-refractivity contribution in [2.75, 3.05) is 26.4 Å². The molecule has 216 valence electrons. The quantitative estimate of drug-likeness (QED) is 0.0789. The van der Waals surface area contributed by atoms with E-state index in [2.05, 4.69) is 13.2 Å². The van der Waals surface area contributed by atoms with Gasteiger partial charge in [0.1, 0.15) is 11.5 Å². The molecule has 0 atom stereocenters. The Kier molecular flexibility index (Phi) is 15.1. The second-order valence-electron chi connectivity index (χ2n) is 8.40. The largest absolute Gasteiger partial charge is 0.494 e. The van der Waals surface area contributed by atoms with Crippen molar-refractivity contribution in [2.24, 2.45) is 0 Å². The minimum Gasteiger partial charge on any atom is -0.494 e. The van der Waals surface area contributed by atoms with Crippen LogP contribution in [0.5, 0.6) is 11.5 Å². The highest BCUT2D eigenvalue weighted by Gasteiger charge is 2.04. The molecule has 2 rings (SSSR count). The number of carbonyl (C=O) groups is 4. The molecule has 0 fully saturated rings. The lowest BCUT2D eigenvalue weighted by atomic mass is 10.2. The number of unbranched alkanes of at least 4 members (excludes halogenated alkanes) is 2. The van der Waals surface area contributed by atoms with Crippen molar-refractivity contribution >= 4 is 36.0 Å². The van der Waals surface area contributed by atoms with Gasteiger partial charge in [-0.05, 0) is 73.2 Å². The van der Waals surface area contributed by atoms with Crippen molar-refractivity contribution in [3.05, 3.63) is 97.1 Å². The zero-order chi connectivity index (χ0) is 29.7. The highest BCUT2D eigenvalue weighted by atomic mass is 16.6. The molecule has 0 heterocycles. The second kappa shape index (κ2) is 19.2. The highest BCUT2D eigenvalue weighted by molar-refractivity contribution is 5.99. The number of esters is 4. The van der Waals surface area contributed by atoms with Crippen molar-refractivity contribution in [1.82, 2.24) is 0 Å². The minimum absolute atomic E-state index is 0.316. The zero-order valence-corrected chi connectivity index (χ0v) is 22.8. The molecule has 2 aromatic rings. The predicted octanol–water partition coefficient (Wildman–Crippen LogP) is 5.26. The first kappa shape index (κ1) is 32.3. The molecule has 0 aliphatic rings. The van der Waals surface area contributed by atoms with Gasteiger partial charge in [-0.25, -0.2) is 19.2 Å². The third-order valence-electron chi connectivity index (χ3n) is 5.22. The van der Waals surface area contributed by atoms with E-state index < -0.39 is 23.9 Å². The molecular weight excluding hydrogens is 528 g/mol. The predicted molar refractivity (Wildman–Crippen MR) is 154 cm³/mol. The van der Waals surface area contributed by atoms with Gasteiger partial charge in [0.05, 0.1) is 26.4 Å². The second-order valence-corrected chi connectivity index (χ2v) is 8.40. The number of ether oxygens (including phenoxy) is 5. The topological polar surface area (TPSA) is 114 Å². The van der Waals surface area contributed by atoms with Gasteiger partial charge in [-0.1, -0.05) is 37.4 Å². The standard InChI is InChI=1S/C32H34O9/c1-3-29(33)39-23-7-5-21-37-27-15-9-25(10-16-27)13-19-31(35)41-32(36)20-14-26-11-17-28(18-12-26)38-22-6-8-24-40-30(34)4-2/h3-4,9-20H,1-2,5-8,21-24H2/b19-13+,20-14+. The molecule has 0 unspecified atom stereocenters. The Bertz CT molecular complexity index is 1110. The van der Waals surface area contributed by atoms with Gasteiger partial charge < -0.3 is 23.7 Å². The zero-order valence-electron chi connectivity index (χ0n) is 22.8. The van der Waals surface area contributed by atoms with Crippen molar-refractivity contribution in [3.63, 3.8) is 0 Å². The minimum atomic E-state index is -0.792. The summed E-state index contributed by atoms with van der Waals surface area (Å²) in [5, 5.41) is 0. The van der Waals surface area contributed by atoms with Crippen molar-refractivity contribution in [2.45, 2.75) is 25.7 Å². The third-order valence-corrected chi connectivity index (χ3v) is 5.22. The van der Waals surface area contributed by atoms with E-state index in [9.17, 15) is 19.2 Å². The maximum Gasteiger partial charge on any atom is 0.338 e. The van der Waals surface area contributed by atoms with Crippen LogP contribution in [0.2, 0.25) is 0 Å². The number of benzene rings is 2. The van der Waals surface area contributed by atoms with Crippen LogP contribution in [0.3, 0.4) is 0 Å². The van der Waals surface area contributed by atoms with E-state index in [0.717, 1.165) is 36.1 Å². The molecule has 2 aromatic carbocycles. The van der Waals surface area contributed by atoms with E-state index in [1.165, 1.54) is 24.3 Å². The molecule has 0 saturated carbocycles. The summed E-state index contributed by atoms with van der Waals surface area (Å²) in [5.74, 6) is -1.14. The molecule has 9 heteroatoms. The molecule has 0 saturated heterocycles. The Morgan fingerprint density at radius 1 is 0.537 bits per heavy atom. The number of hydrogen-bond donors (Lipinski definition) is 0. The van der Waals surface area contributed by atoms with E-state index >= 15 is 0 Å². The van der Waals surface area contributed by atoms with Crippen molar-refractivity contribution in [3.8, 4) is 11.5 Å². The third kappa shape index (κ3) is 14.7. The molecule has 0 spiro atoms. The highest BCUT2D eigenvalue weighted by Crippen LogP contribution is 2.15. The normalized spacial score (nSPS) is 10.6. The first-order valence-electron chi connectivity index (χ1n) is 13.1. The van der Waals surface area contributed by atoms with Gasteiger partial charge in [-0.3, -0.25) is 0 Å². The van der Waals surface area contributed by atoms with Gasteiger partial charge in [0, 0.05) is 24.3 Å². The lowest BCUT2D eigenvalue weighted by molar-refractivity contribution is -0.152. The summed E-state index contributed by atoms with van der Waals surface area (Å²) >= 11 is 0. The SMILES string of the molecule is C=CC(=O)OCCCCOc1ccc(/C=C/C(=O)OC(=O)/C=C/c2ccc(OCCCCOC(=O)C=C)cc2)cc1. The van der Waals surface area contributed by atoms with Crippen molar-refractivity contribution < 1.29 is 42.9 Å². The van der Waals surface area contributed by atoms with Crippen LogP contribution in [0.15, 0.2) is 86.0 Å². The Morgan fingerprint density at radius 2 is 0.902 bits per heavy atom. The van der Waals surface area contributed by atoms with Gasteiger partial charge in [-0.2, -0.15) is 0 Å². The molecule has 0 aromatic heterocycles. The fraction of sp³-hybridized carbons (Fsp3) is 0.250. The lowest BCUT2D eigenvalue weighted by Gasteiger charge is -2.06. The van der Waals surface area contributed by atoms with Crippen LogP contribution in [0.25, 0.3) is 12.2 Å². The van der Waals surface area contributed by atoms with Crippen LogP contribution in [-0.4, -0.2) is 50.3 Å². The monoisotopic (exact) mass is 562 g/mol. The van der Waals surface area contributed by atoms with Crippen LogP contribution in [0, 0.1) is 0 Å². The van der Waals surface area contributed by atoms with Crippen LogP contribution < -0.4 is 9.47 Å². The molecule has 0 radical (unpaired) electrons. The maximum atomic E-state index is 12.0. The summed E-state index contributed by atoms with van der Waals surface area (Å²) in [7, 11) is 0. The van der Waals surface area contributed by atoms with Crippen molar-refractivity contribution in [1.29, 1.82) is 0 Å². The van der Waals surface area contributed by atoms with E-state index in [0.29, 0.717) is 50.8 Å². The lowest BCUT2D eigenvalue weighted by Crippen LogP contribution is -2.06. The van der Waals surface area contributed by atoms with Crippen LogP contribution in [0.4, 0.5) is 0 Å². The summed E-state index contributed by atoms with van der Waals surface area (Å²) in [6.45, 7) is 8.24. The molecule has 0 aliphatic carbocycles. The maximum absolute atomic E-state index is 12.0. The van der Waals surface area contributed by atoms with E-state index in [1.807, 2.05) is 0 Å².